The lowest BCUT2D eigenvalue weighted by molar-refractivity contribution is 0.0983. The Kier molecular flexibility index (Phi) is 3.58. The molecule has 1 saturated carbocycles. The van der Waals surface area contributed by atoms with Crippen LogP contribution in [0.3, 0.4) is 0 Å². The van der Waals surface area contributed by atoms with Gasteiger partial charge in [0.15, 0.2) is 0 Å². The SMILES string of the molecule is CNC(c1c[nH]c2ccccc12)C1CCC(O)CC1. The molecule has 1 atom stereocenters. The highest BCUT2D eigenvalue weighted by Gasteiger charge is 2.28. The maximum absolute atomic E-state index is 9.66. The first-order valence-electron chi connectivity index (χ1n) is 7.21. The molecular formula is C16H22N2O. The summed E-state index contributed by atoms with van der Waals surface area (Å²) in [6, 6.07) is 8.84. The molecule has 0 spiro atoms. The van der Waals surface area contributed by atoms with Crippen molar-refractivity contribution in [1.29, 1.82) is 0 Å². The van der Waals surface area contributed by atoms with Crippen molar-refractivity contribution in [2.45, 2.75) is 37.8 Å². The molecule has 1 aliphatic carbocycles. The standard InChI is InChI=1S/C16H22N2O/c1-17-16(11-6-8-12(19)9-7-11)14-10-18-15-5-3-2-4-13(14)15/h2-5,10-12,16-19H,6-9H2,1H3. The summed E-state index contributed by atoms with van der Waals surface area (Å²) in [6.07, 6.45) is 6.13. The third kappa shape index (κ3) is 2.40. The Morgan fingerprint density at radius 3 is 2.68 bits per heavy atom. The van der Waals surface area contributed by atoms with E-state index in [4.69, 9.17) is 0 Å². The second-order valence-electron chi connectivity index (χ2n) is 5.62. The van der Waals surface area contributed by atoms with Gasteiger partial charge in [-0.05, 0) is 50.3 Å². The van der Waals surface area contributed by atoms with Gasteiger partial charge in [0.2, 0.25) is 0 Å². The van der Waals surface area contributed by atoms with Crippen molar-refractivity contribution in [3.05, 3.63) is 36.0 Å². The van der Waals surface area contributed by atoms with E-state index in [1.807, 2.05) is 7.05 Å². The van der Waals surface area contributed by atoms with Gasteiger partial charge in [-0.3, -0.25) is 0 Å². The molecule has 3 nitrogen and oxygen atoms in total. The van der Waals surface area contributed by atoms with Crippen LogP contribution in [0, 0.1) is 5.92 Å². The topological polar surface area (TPSA) is 48.0 Å². The summed E-state index contributed by atoms with van der Waals surface area (Å²) < 4.78 is 0. The number of nitrogens with one attached hydrogen (secondary N) is 2. The van der Waals surface area contributed by atoms with Crippen molar-refractivity contribution in [1.82, 2.24) is 10.3 Å². The molecule has 1 aliphatic rings. The number of aromatic amines is 1. The summed E-state index contributed by atoms with van der Waals surface area (Å²) in [5.74, 6) is 0.618. The number of hydrogen-bond acceptors (Lipinski definition) is 2. The van der Waals surface area contributed by atoms with Gasteiger partial charge in [-0.25, -0.2) is 0 Å². The van der Waals surface area contributed by atoms with Crippen LogP contribution < -0.4 is 5.32 Å². The molecule has 19 heavy (non-hydrogen) atoms. The fraction of sp³-hybridized carbons (Fsp3) is 0.500. The van der Waals surface area contributed by atoms with Crippen LogP contribution in [0.25, 0.3) is 10.9 Å². The van der Waals surface area contributed by atoms with Gasteiger partial charge in [0.25, 0.3) is 0 Å². The summed E-state index contributed by atoms with van der Waals surface area (Å²) in [5.41, 5.74) is 2.56. The minimum absolute atomic E-state index is 0.0864. The van der Waals surface area contributed by atoms with Crippen molar-refractivity contribution in [2.75, 3.05) is 7.05 Å². The summed E-state index contributed by atoms with van der Waals surface area (Å²) in [5, 5.41) is 14.4. The number of H-pyrrole nitrogens is 1. The Balaban J connectivity index is 1.89. The van der Waals surface area contributed by atoms with Gasteiger partial charge in [0, 0.05) is 23.1 Å². The van der Waals surface area contributed by atoms with Crippen molar-refractivity contribution in [3.8, 4) is 0 Å². The van der Waals surface area contributed by atoms with E-state index in [9.17, 15) is 5.11 Å². The molecular weight excluding hydrogens is 236 g/mol. The third-order valence-electron chi connectivity index (χ3n) is 4.48. The average molecular weight is 258 g/mol. The molecule has 2 aromatic rings. The van der Waals surface area contributed by atoms with E-state index in [2.05, 4.69) is 40.8 Å². The molecule has 3 N–H and O–H groups in total. The number of para-hydroxylation sites is 1. The van der Waals surface area contributed by atoms with Gasteiger partial charge in [0.1, 0.15) is 0 Å². The second-order valence-corrected chi connectivity index (χ2v) is 5.62. The fourth-order valence-corrected chi connectivity index (χ4v) is 3.43. The molecule has 102 valence electrons. The average Bonchev–Trinajstić information content (AvgIpc) is 2.86. The summed E-state index contributed by atoms with van der Waals surface area (Å²) in [7, 11) is 2.04. The van der Waals surface area contributed by atoms with Crippen LogP contribution >= 0.6 is 0 Å². The van der Waals surface area contributed by atoms with E-state index < -0.39 is 0 Å². The minimum Gasteiger partial charge on any atom is -0.393 e. The molecule has 0 bridgehead atoms. The van der Waals surface area contributed by atoms with Gasteiger partial charge in [-0.1, -0.05) is 18.2 Å². The number of fused-ring (bicyclic) bond motifs is 1. The Morgan fingerprint density at radius 1 is 1.21 bits per heavy atom. The molecule has 0 radical (unpaired) electrons. The molecule has 1 heterocycles. The lowest BCUT2D eigenvalue weighted by atomic mass is 9.80. The van der Waals surface area contributed by atoms with E-state index >= 15 is 0 Å². The monoisotopic (exact) mass is 258 g/mol. The minimum atomic E-state index is -0.0864. The highest BCUT2D eigenvalue weighted by molar-refractivity contribution is 5.83. The Hall–Kier alpha value is -1.32. The van der Waals surface area contributed by atoms with E-state index in [1.165, 1.54) is 16.5 Å². The first-order valence-corrected chi connectivity index (χ1v) is 7.21. The lowest BCUT2D eigenvalue weighted by Crippen LogP contribution is -2.29. The highest BCUT2D eigenvalue weighted by Crippen LogP contribution is 2.36. The van der Waals surface area contributed by atoms with E-state index in [0.29, 0.717) is 12.0 Å². The number of aromatic nitrogens is 1. The predicted molar refractivity (Wildman–Crippen MR) is 78.1 cm³/mol. The smallest absolute Gasteiger partial charge is 0.0540 e. The molecule has 0 aliphatic heterocycles. The number of aliphatic hydroxyl groups excluding tert-OH is 1. The van der Waals surface area contributed by atoms with Gasteiger partial charge >= 0.3 is 0 Å². The lowest BCUT2D eigenvalue weighted by Gasteiger charge is -2.32. The van der Waals surface area contributed by atoms with Crippen LogP contribution in [-0.2, 0) is 0 Å². The second kappa shape index (κ2) is 5.35. The largest absolute Gasteiger partial charge is 0.393 e. The first kappa shape index (κ1) is 12.7. The molecule has 3 rings (SSSR count). The van der Waals surface area contributed by atoms with E-state index in [-0.39, 0.29) is 6.10 Å². The summed E-state index contributed by atoms with van der Waals surface area (Å²) >= 11 is 0. The maximum atomic E-state index is 9.66. The summed E-state index contributed by atoms with van der Waals surface area (Å²) in [6.45, 7) is 0. The van der Waals surface area contributed by atoms with Gasteiger partial charge in [-0.15, -0.1) is 0 Å². The van der Waals surface area contributed by atoms with Crippen LogP contribution in [0.15, 0.2) is 30.5 Å². The molecule has 3 heteroatoms. The Labute approximate surface area is 114 Å². The zero-order valence-corrected chi connectivity index (χ0v) is 11.4. The van der Waals surface area contributed by atoms with Crippen molar-refractivity contribution < 1.29 is 5.11 Å². The normalized spacial score (nSPS) is 25.6. The van der Waals surface area contributed by atoms with Crippen LogP contribution in [0.1, 0.15) is 37.3 Å². The Bertz CT molecular complexity index is 540. The number of rotatable bonds is 3. The van der Waals surface area contributed by atoms with Crippen molar-refractivity contribution in [3.63, 3.8) is 0 Å². The first-order chi connectivity index (χ1) is 9.29. The zero-order chi connectivity index (χ0) is 13.2. The number of hydrogen-bond donors (Lipinski definition) is 3. The van der Waals surface area contributed by atoms with E-state index in [0.717, 1.165) is 25.7 Å². The van der Waals surface area contributed by atoms with Gasteiger partial charge in [-0.2, -0.15) is 0 Å². The molecule has 1 aromatic carbocycles. The van der Waals surface area contributed by atoms with Crippen LogP contribution in [0.2, 0.25) is 0 Å². The predicted octanol–water partition coefficient (Wildman–Crippen LogP) is 2.98. The van der Waals surface area contributed by atoms with Crippen LogP contribution in [0.5, 0.6) is 0 Å². The van der Waals surface area contributed by atoms with Crippen LogP contribution in [0.4, 0.5) is 0 Å². The molecule has 0 saturated heterocycles. The van der Waals surface area contributed by atoms with Crippen molar-refractivity contribution >= 4 is 10.9 Å². The number of aliphatic hydroxyl groups is 1. The molecule has 1 aromatic heterocycles. The molecule has 0 amide bonds. The van der Waals surface area contributed by atoms with Gasteiger partial charge in [0.05, 0.1) is 6.10 Å². The maximum Gasteiger partial charge on any atom is 0.0540 e. The van der Waals surface area contributed by atoms with Crippen LogP contribution in [-0.4, -0.2) is 23.2 Å². The highest BCUT2D eigenvalue weighted by atomic mass is 16.3. The molecule has 1 fully saturated rings. The summed E-state index contributed by atoms with van der Waals surface area (Å²) in [4.78, 5) is 3.36. The van der Waals surface area contributed by atoms with E-state index in [1.54, 1.807) is 0 Å². The Morgan fingerprint density at radius 2 is 1.95 bits per heavy atom. The molecule has 1 unspecified atom stereocenters. The quantitative estimate of drug-likeness (QED) is 0.792. The number of benzene rings is 1. The third-order valence-corrected chi connectivity index (χ3v) is 4.48. The van der Waals surface area contributed by atoms with Crippen molar-refractivity contribution in [2.24, 2.45) is 5.92 Å². The fourth-order valence-electron chi connectivity index (χ4n) is 3.43. The zero-order valence-electron chi connectivity index (χ0n) is 11.4. The van der Waals surface area contributed by atoms with Gasteiger partial charge < -0.3 is 15.4 Å².